The number of nitrogens with zero attached hydrogens (tertiary/aromatic N) is 2. The van der Waals surface area contributed by atoms with Gasteiger partial charge in [-0.1, -0.05) is 35.9 Å². The van der Waals surface area contributed by atoms with Crippen molar-refractivity contribution in [3.63, 3.8) is 0 Å². The predicted octanol–water partition coefficient (Wildman–Crippen LogP) is 2.54. The summed E-state index contributed by atoms with van der Waals surface area (Å²) in [5.41, 5.74) is 3.73. The predicted molar refractivity (Wildman–Crippen MR) is 99.6 cm³/mol. The minimum Gasteiger partial charge on any atom is -0.350 e. The summed E-state index contributed by atoms with van der Waals surface area (Å²) in [7, 11) is 0. The molecule has 2 N–H and O–H groups in total. The summed E-state index contributed by atoms with van der Waals surface area (Å²) in [5.74, 6) is -0.453. The molecule has 1 unspecified atom stereocenters. The van der Waals surface area contributed by atoms with Gasteiger partial charge in [-0.3, -0.25) is 14.7 Å². The minimum atomic E-state index is -0.335. The van der Waals surface area contributed by atoms with Crippen molar-refractivity contribution >= 4 is 28.4 Å². The van der Waals surface area contributed by atoms with Crippen molar-refractivity contribution in [3.05, 3.63) is 59.8 Å². The number of fused-ring (bicyclic) bond motifs is 1. The van der Waals surface area contributed by atoms with Gasteiger partial charge in [-0.25, -0.2) is 0 Å². The summed E-state index contributed by atoms with van der Waals surface area (Å²) < 4.78 is 0. The van der Waals surface area contributed by atoms with E-state index in [0.717, 1.165) is 27.8 Å². The van der Waals surface area contributed by atoms with Gasteiger partial charge in [-0.15, -0.1) is 0 Å². The number of amides is 2. The third-order valence-corrected chi connectivity index (χ3v) is 4.82. The number of aromatic amines is 1. The maximum atomic E-state index is 12.5. The molecule has 0 bridgehead atoms. The maximum Gasteiger partial charge on any atom is 0.227 e. The molecule has 2 aromatic carbocycles. The number of H-pyrrole nitrogens is 1. The number of benzene rings is 2. The van der Waals surface area contributed by atoms with Gasteiger partial charge in [-0.2, -0.15) is 5.10 Å². The molecule has 0 radical (unpaired) electrons. The number of aryl methyl sites for hydroxylation is 1. The van der Waals surface area contributed by atoms with Crippen LogP contribution in [0, 0.1) is 12.8 Å². The fourth-order valence-corrected chi connectivity index (χ4v) is 3.33. The zero-order valence-electron chi connectivity index (χ0n) is 14.5. The average Bonchev–Trinajstić information content (AvgIpc) is 3.24. The van der Waals surface area contributed by atoms with E-state index in [1.165, 1.54) is 0 Å². The van der Waals surface area contributed by atoms with Crippen LogP contribution in [-0.2, 0) is 16.1 Å². The Kier molecular flexibility index (Phi) is 4.16. The molecule has 0 aliphatic carbocycles. The van der Waals surface area contributed by atoms with Crippen molar-refractivity contribution in [2.45, 2.75) is 19.9 Å². The Balaban J connectivity index is 1.41. The van der Waals surface area contributed by atoms with Crippen LogP contribution < -0.4 is 10.2 Å². The summed E-state index contributed by atoms with van der Waals surface area (Å²) >= 11 is 0. The Morgan fingerprint density at radius 2 is 2.00 bits per heavy atom. The van der Waals surface area contributed by atoms with E-state index in [2.05, 4.69) is 15.5 Å². The number of para-hydroxylation sites is 1. The fraction of sp³-hybridized carbons (Fsp3) is 0.250. The maximum absolute atomic E-state index is 12.5. The van der Waals surface area contributed by atoms with Crippen LogP contribution in [0.1, 0.15) is 17.7 Å². The van der Waals surface area contributed by atoms with Crippen molar-refractivity contribution < 1.29 is 9.59 Å². The van der Waals surface area contributed by atoms with Gasteiger partial charge in [0.05, 0.1) is 23.7 Å². The number of rotatable bonds is 4. The van der Waals surface area contributed by atoms with Gasteiger partial charge in [0.1, 0.15) is 0 Å². The van der Waals surface area contributed by atoms with E-state index in [-0.39, 0.29) is 24.2 Å². The topological polar surface area (TPSA) is 78.1 Å². The van der Waals surface area contributed by atoms with Crippen molar-refractivity contribution in [1.82, 2.24) is 15.5 Å². The first-order valence-electron chi connectivity index (χ1n) is 8.68. The summed E-state index contributed by atoms with van der Waals surface area (Å²) in [6.07, 6.45) is 0.240. The number of aromatic nitrogens is 2. The van der Waals surface area contributed by atoms with E-state index in [1.807, 2.05) is 55.5 Å². The number of carbonyl (C=O) groups excluding carboxylic acids is 2. The zero-order chi connectivity index (χ0) is 18.1. The lowest BCUT2D eigenvalue weighted by molar-refractivity contribution is -0.126. The third kappa shape index (κ3) is 3.06. The molecule has 1 fully saturated rings. The van der Waals surface area contributed by atoms with Gasteiger partial charge < -0.3 is 10.2 Å². The molecule has 2 heterocycles. The van der Waals surface area contributed by atoms with Crippen LogP contribution in [0.15, 0.2) is 48.5 Å². The van der Waals surface area contributed by atoms with Crippen molar-refractivity contribution in [2.75, 3.05) is 11.4 Å². The summed E-state index contributed by atoms with van der Waals surface area (Å²) in [6, 6.07) is 15.5. The first-order chi connectivity index (χ1) is 12.6. The Morgan fingerprint density at radius 3 is 2.81 bits per heavy atom. The highest BCUT2D eigenvalue weighted by Gasteiger charge is 2.35. The van der Waals surface area contributed by atoms with Crippen molar-refractivity contribution in [1.29, 1.82) is 0 Å². The highest BCUT2D eigenvalue weighted by molar-refractivity contribution is 6.00. The molecular weight excluding hydrogens is 328 g/mol. The molecule has 6 nitrogen and oxygen atoms in total. The van der Waals surface area contributed by atoms with Gasteiger partial charge >= 0.3 is 0 Å². The van der Waals surface area contributed by atoms with Crippen molar-refractivity contribution in [3.8, 4) is 0 Å². The Morgan fingerprint density at radius 1 is 1.23 bits per heavy atom. The van der Waals surface area contributed by atoms with Crippen LogP contribution in [-0.4, -0.2) is 28.6 Å². The Labute approximate surface area is 151 Å². The molecule has 3 aromatic rings. The molecule has 1 aliphatic rings. The second-order valence-electron chi connectivity index (χ2n) is 6.68. The lowest BCUT2D eigenvalue weighted by atomic mass is 10.1. The Hall–Kier alpha value is -3.15. The first-order valence-corrected chi connectivity index (χ1v) is 8.68. The van der Waals surface area contributed by atoms with Crippen LogP contribution in [0.5, 0.6) is 0 Å². The summed E-state index contributed by atoms with van der Waals surface area (Å²) in [5, 5.41) is 11.1. The molecular formula is C20H20N4O2. The quantitative estimate of drug-likeness (QED) is 0.760. The molecule has 1 saturated heterocycles. The molecule has 1 aliphatic heterocycles. The highest BCUT2D eigenvalue weighted by atomic mass is 16.2. The number of nitrogens with one attached hydrogen (secondary N) is 2. The summed E-state index contributed by atoms with van der Waals surface area (Å²) in [6.45, 7) is 2.79. The second kappa shape index (κ2) is 6.63. The largest absolute Gasteiger partial charge is 0.350 e. The normalized spacial score (nSPS) is 17.0. The lowest BCUT2D eigenvalue weighted by Gasteiger charge is -2.17. The SMILES string of the molecule is Cc1ccc(N2CC(C(=O)NCc3[nH]nc4ccccc34)CC2=O)cc1. The van der Waals surface area contributed by atoms with Crippen LogP contribution in [0.2, 0.25) is 0 Å². The second-order valence-corrected chi connectivity index (χ2v) is 6.68. The number of hydrogen-bond acceptors (Lipinski definition) is 3. The molecule has 26 heavy (non-hydrogen) atoms. The number of anilines is 1. The van der Waals surface area contributed by atoms with Gasteiger partial charge in [0.15, 0.2) is 0 Å². The summed E-state index contributed by atoms with van der Waals surface area (Å²) in [4.78, 5) is 26.5. The molecule has 0 spiro atoms. The fourth-order valence-electron chi connectivity index (χ4n) is 3.33. The monoisotopic (exact) mass is 348 g/mol. The van der Waals surface area contributed by atoms with Crippen LogP contribution >= 0.6 is 0 Å². The van der Waals surface area contributed by atoms with Gasteiger partial charge in [0, 0.05) is 24.0 Å². The van der Waals surface area contributed by atoms with E-state index in [0.29, 0.717) is 13.1 Å². The van der Waals surface area contributed by atoms with Gasteiger partial charge in [0.2, 0.25) is 11.8 Å². The van der Waals surface area contributed by atoms with Crippen LogP contribution in [0.25, 0.3) is 10.9 Å². The lowest BCUT2D eigenvalue weighted by Crippen LogP contribution is -2.32. The van der Waals surface area contributed by atoms with Crippen molar-refractivity contribution in [2.24, 2.45) is 5.92 Å². The molecule has 1 aromatic heterocycles. The first kappa shape index (κ1) is 16.3. The molecule has 4 rings (SSSR count). The van der Waals surface area contributed by atoms with E-state index in [1.54, 1.807) is 4.90 Å². The number of carbonyl (C=O) groups is 2. The van der Waals surface area contributed by atoms with E-state index < -0.39 is 0 Å². The average molecular weight is 348 g/mol. The highest BCUT2D eigenvalue weighted by Crippen LogP contribution is 2.25. The molecule has 6 heteroatoms. The molecule has 132 valence electrons. The Bertz CT molecular complexity index is 961. The minimum absolute atomic E-state index is 0.0130. The van der Waals surface area contributed by atoms with Gasteiger partial charge in [0.25, 0.3) is 0 Å². The number of hydrogen-bond donors (Lipinski definition) is 2. The molecule has 0 saturated carbocycles. The zero-order valence-corrected chi connectivity index (χ0v) is 14.5. The third-order valence-electron chi connectivity index (χ3n) is 4.82. The van der Waals surface area contributed by atoms with E-state index in [4.69, 9.17) is 0 Å². The molecule has 1 atom stereocenters. The van der Waals surface area contributed by atoms with E-state index >= 15 is 0 Å². The van der Waals surface area contributed by atoms with Gasteiger partial charge in [-0.05, 0) is 25.1 Å². The van der Waals surface area contributed by atoms with E-state index in [9.17, 15) is 9.59 Å². The standard InChI is InChI=1S/C20H20N4O2/c1-13-6-8-15(9-7-13)24-12-14(10-19(24)25)20(26)21-11-18-16-4-2-3-5-17(16)22-23-18/h2-9,14H,10-12H2,1H3,(H,21,26)(H,22,23). The van der Waals surface area contributed by atoms with Crippen LogP contribution in [0.4, 0.5) is 5.69 Å². The smallest absolute Gasteiger partial charge is 0.227 e. The molecule has 2 amide bonds. The van der Waals surface area contributed by atoms with Crippen LogP contribution in [0.3, 0.4) is 0 Å².